The van der Waals surface area contributed by atoms with Crippen molar-refractivity contribution in [3.8, 4) is 0 Å². The van der Waals surface area contributed by atoms with E-state index in [0.717, 1.165) is 32.4 Å². The van der Waals surface area contributed by atoms with Gasteiger partial charge in [-0.1, -0.05) is 36.4 Å². The summed E-state index contributed by atoms with van der Waals surface area (Å²) in [7, 11) is 0. The topological polar surface area (TPSA) is 40.6 Å². The van der Waals surface area contributed by atoms with Crippen molar-refractivity contribution in [1.82, 2.24) is 9.80 Å². The van der Waals surface area contributed by atoms with Crippen molar-refractivity contribution in [2.45, 2.75) is 26.2 Å². The predicted molar refractivity (Wildman–Crippen MR) is 91.9 cm³/mol. The smallest absolute Gasteiger partial charge is 0.242 e. The molecular weight excluding hydrogens is 288 g/mol. The quantitative estimate of drug-likeness (QED) is 0.757. The van der Waals surface area contributed by atoms with Crippen LogP contribution >= 0.6 is 0 Å². The summed E-state index contributed by atoms with van der Waals surface area (Å²) in [5.74, 6) is 0.593. The first kappa shape index (κ1) is 17.3. The highest BCUT2D eigenvalue weighted by atomic mass is 16.2. The Kier molecular flexibility index (Phi) is 6.39. The van der Waals surface area contributed by atoms with Gasteiger partial charge in [-0.3, -0.25) is 9.59 Å². The van der Waals surface area contributed by atoms with Gasteiger partial charge in [0, 0.05) is 26.6 Å². The molecule has 0 saturated carbocycles. The van der Waals surface area contributed by atoms with Crippen LogP contribution in [0, 0.1) is 5.92 Å². The van der Waals surface area contributed by atoms with Gasteiger partial charge in [-0.15, -0.1) is 6.58 Å². The second kappa shape index (κ2) is 8.51. The molecule has 1 heterocycles. The third-order valence-electron chi connectivity index (χ3n) is 4.46. The number of carbonyl (C=O) groups excluding carboxylic acids is 2. The molecule has 1 aromatic rings. The monoisotopic (exact) mass is 314 g/mol. The Hall–Kier alpha value is -2.10. The largest absolute Gasteiger partial charge is 0.341 e. The molecule has 0 N–H and O–H groups in total. The van der Waals surface area contributed by atoms with Gasteiger partial charge in [0.1, 0.15) is 6.54 Å². The molecule has 2 amide bonds. The normalized spacial score (nSPS) is 15.3. The Bertz CT molecular complexity index is 534. The third-order valence-corrected chi connectivity index (χ3v) is 4.46. The van der Waals surface area contributed by atoms with E-state index in [4.69, 9.17) is 0 Å². The van der Waals surface area contributed by atoms with Gasteiger partial charge in [0.2, 0.25) is 11.8 Å². The average molecular weight is 314 g/mol. The minimum atomic E-state index is -0.0859. The fraction of sp³-hybridized carbons (Fsp3) is 0.474. The predicted octanol–water partition coefficient (Wildman–Crippen LogP) is 2.50. The van der Waals surface area contributed by atoms with E-state index in [1.165, 1.54) is 17.4 Å². The van der Waals surface area contributed by atoms with Crippen LogP contribution in [0.15, 0.2) is 43.0 Å². The van der Waals surface area contributed by atoms with Crippen molar-refractivity contribution in [3.05, 3.63) is 48.6 Å². The number of hydrogen-bond acceptors (Lipinski definition) is 2. The molecule has 23 heavy (non-hydrogen) atoms. The minimum absolute atomic E-state index is 0.0419. The summed E-state index contributed by atoms with van der Waals surface area (Å²) in [4.78, 5) is 27.3. The van der Waals surface area contributed by atoms with E-state index >= 15 is 0 Å². The first-order valence-electron chi connectivity index (χ1n) is 8.28. The second-order valence-electron chi connectivity index (χ2n) is 6.20. The lowest BCUT2D eigenvalue weighted by atomic mass is 9.90. The molecule has 0 spiro atoms. The van der Waals surface area contributed by atoms with Gasteiger partial charge in [-0.2, -0.15) is 0 Å². The van der Waals surface area contributed by atoms with E-state index < -0.39 is 0 Å². The fourth-order valence-electron chi connectivity index (χ4n) is 3.06. The molecule has 1 saturated heterocycles. The van der Waals surface area contributed by atoms with Crippen LogP contribution in [0.4, 0.5) is 0 Å². The molecule has 0 aromatic heterocycles. The summed E-state index contributed by atoms with van der Waals surface area (Å²) in [6.07, 6.45) is 4.80. The van der Waals surface area contributed by atoms with Crippen molar-refractivity contribution in [3.63, 3.8) is 0 Å². The number of amides is 2. The SMILES string of the molecule is C=CCN(CC(=O)N1CCC(Cc2ccccc2)CC1)C(C)=O. The molecule has 1 aliphatic heterocycles. The lowest BCUT2D eigenvalue weighted by molar-refractivity contribution is -0.139. The molecule has 2 rings (SSSR count). The highest BCUT2D eigenvalue weighted by molar-refractivity contribution is 5.84. The molecular formula is C19H26N2O2. The third kappa shape index (κ3) is 5.23. The van der Waals surface area contributed by atoms with E-state index in [9.17, 15) is 9.59 Å². The number of hydrogen-bond donors (Lipinski definition) is 0. The van der Waals surface area contributed by atoms with Crippen molar-refractivity contribution in [2.24, 2.45) is 5.92 Å². The highest BCUT2D eigenvalue weighted by Gasteiger charge is 2.24. The van der Waals surface area contributed by atoms with Gasteiger partial charge < -0.3 is 9.80 Å². The molecule has 0 bridgehead atoms. The zero-order chi connectivity index (χ0) is 16.7. The summed E-state index contributed by atoms with van der Waals surface area (Å²) >= 11 is 0. The molecule has 124 valence electrons. The molecule has 4 heteroatoms. The standard InChI is InChI=1S/C19H26N2O2/c1-3-11-21(16(2)22)15-19(23)20-12-9-18(10-13-20)14-17-7-5-4-6-8-17/h3-8,18H,1,9-15H2,2H3. The number of benzene rings is 1. The number of nitrogens with zero attached hydrogens (tertiary/aromatic N) is 2. The van der Waals surface area contributed by atoms with Crippen LogP contribution in [-0.4, -0.2) is 47.8 Å². The highest BCUT2D eigenvalue weighted by Crippen LogP contribution is 2.21. The molecule has 0 radical (unpaired) electrons. The van der Waals surface area contributed by atoms with Gasteiger partial charge in [0.15, 0.2) is 0 Å². The van der Waals surface area contributed by atoms with Crippen LogP contribution in [0.5, 0.6) is 0 Å². The van der Waals surface area contributed by atoms with Crippen LogP contribution in [0.25, 0.3) is 0 Å². The number of rotatable bonds is 6. The molecule has 0 unspecified atom stereocenters. The summed E-state index contributed by atoms with van der Waals surface area (Å²) in [5.41, 5.74) is 1.37. The average Bonchev–Trinajstić information content (AvgIpc) is 2.56. The lowest BCUT2D eigenvalue weighted by Gasteiger charge is -2.33. The van der Waals surface area contributed by atoms with Crippen LogP contribution in [0.3, 0.4) is 0 Å². The first-order valence-corrected chi connectivity index (χ1v) is 8.28. The van der Waals surface area contributed by atoms with Crippen LogP contribution in [0.1, 0.15) is 25.3 Å². The summed E-state index contributed by atoms with van der Waals surface area (Å²) in [6.45, 7) is 7.28. The van der Waals surface area contributed by atoms with Gasteiger partial charge >= 0.3 is 0 Å². The van der Waals surface area contributed by atoms with Crippen molar-refractivity contribution >= 4 is 11.8 Å². The molecule has 1 aromatic carbocycles. The maximum atomic E-state index is 12.4. The maximum Gasteiger partial charge on any atom is 0.242 e. The minimum Gasteiger partial charge on any atom is -0.341 e. The first-order chi connectivity index (χ1) is 11.1. The van der Waals surface area contributed by atoms with Gasteiger partial charge in [0.25, 0.3) is 0 Å². The second-order valence-corrected chi connectivity index (χ2v) is 6.20. The summed E-state index contributed by atoms with van der Waals surface area (Å²) in [5, 5.41) is 0. The van der Waals surface area contributed by atoms with Crippen LogP contribution in [0.2, 0.25) is 0 Å². The van der Waals surface area contributed by atoms with E-state index in [-0.39, 0.29) is 18.4 Å². The zero-order valence-electron chi connectivity index (χ0n) is 13.9. The van der Waals surface area contributed by atoms with Crippen molar-refractivity contribution in [2.75, 3.05) is 26.2 Å². The van der Waals surface area contributed by atoms with Gasteiger partial charge in [-0.25, -0.2) is 0 Å². The van der Waals surface area contributed by atoms with Crippen LogP contribution in [-0.2, 0) is 16.0 Å². The summed E-state index contributed by atoms with van der Waals surface area (Å²) < 4.78 is 0. The molecule has 4 nitrogen and oxygen atoms in total. The number of piperidine rings is 1. The van der Waals surface area contributed by atoms with Gasteiger partial charge in [0.05, 0.1) is 0 Å². The van der Waals surface area contributed by atoms with E-state index in [2.05, 4.69) is 30.8 Å². The Labute approximate surface area is 138 Å². The van der Waals surface area contributed by atoms with Crippen molar-refractivity contribution in [1.29, 1.82) is 0 Å². The van der Waals surface area contributed by atoms with E-state index in [1.807, 2.05) is 11.0 Å². The molecule has 1 fully saturated rings. The summed E-state index contributed by atoms with van der Waals surface area (Å²) in [6, 6.07) is 10.5. The van der Waals surface area contributed by atoms with Crippen molar-refractivity contribution < 1.29 is 9.59 Å². The number of carbonyl (C=O) groups is 2. The van der Waals surface area contributed by atoms with E-state index in [1.54, 1.807) is 6.08 Å². The van der Waals surface area contributed by atoms with E-state index in [0.29, 0.717) is 12.5 Å². The Balaban J connectivity index is 1.80. The fourth-order valence-corrected chi connectivity index (χ4v) is 3.06. The number of likely N-dealkylation sites (tertiary alicyclic amines) is 1. The maximum absolute atomic E-state index is 12.4. The van der Waals surface area contributed by atoms with Gasteiger partial charge in [-0.05, 0) is 30.7 Å². The lowest BCUT2D eigenvalue weighted by Crippen LogP contribution is -2.45. The van der Waals surface area contributed by atoms with Crippen LogP contribution < -0.4 is 0 Å². The Morgan fingerprint density at radius 2 is 1.91 bits per heavy atom. The molecule has 1 aliphatic rings. The Morgan fingerprint density at radius 3 is 2.48 bits per heavy atom. The molecule has 0 aliphatic carbocycles. The zero-order valence-corrected chi connectivity index (χ0v) is 13.9. The molecule has 0 atom stereocenters. The Morgan fingerprint density at radius 1 is 1.26 bits per heavy atom.